The quantitative estimate of drug-likeness (QED) is 0.834. The Hall–Kier alpha value is -1.98. The Morgan fingerprint density at radius 1 is 1.14 bits per heavy atom. The number of hydrogen-bond acceptors (Lipinski definition) is 5. The molecular formula is C23H26N2O3. The number of aliphatic hydroxyl groups is 1. The van der Waals surface area contributed by atoms with Crippen LogP contribution in [0.3, 0.4) is 0 Å². The van der Waals surface area contributed by atoms with Gasteiger partial charge in [0, 0.05) is 23.3 Å². The minimum atomic E-state index is -0.642. The normalized spacial score (nSPS) is 25.8. The van der Waals surface area contributed by atoms with Gasteiger partial charge in [0.05, 0.1) is 23.1 Å². The molecule has 5 heteroatoms. The number of rotatable bonds is 4. The van der Waals surface area contributed by atoms with Crippen LogP contribution in [-0.4, -0.2) is 27.7 Å². The number of aliphatic hydroxyl groups excluding tert-OH is 1. The van der Waals surface area contributed by atoms with Crippen LogP contribution in [0.15, 0.2) is 21.6 Å². The summed E-state index contributed by atoms with van der Waals surface area (Å²) in [7, 11) is 0. The van der Waals surface area contributed by atoms with Crippen molar-refractivity contribution in [1.29, 1.82) is 0 Å². The fourth-order valence-electron chi connectivity index (χ4n) is 5.06. The van der Waals surface area contributed by atoms with Gasteiger partial charge in [-0.1, -0.05) is 5.16 Å². The summed E-state index contributed by atoms with van der Waals surface area (Å²) in [5, 5.41) is 15.4. The molecule has 0 bridgehead atoms. The van der Waals surface area contributed by atoms with Crippen molar-refractivity contribution in [2.45, 2.75) is 76.6 Å². The molecule has 5 nitrogen and oxygen atoms in total. The molecule has 2 aliphatic carbocycles. The van der Waals surface area contributed by atoms with E-state index in [1.165, 1.54) is 24.1 Å². The van der Waals surface area contributed by atoms with E-state index in [-0.39, 0.29) is 11.7 Å². The van der Waals surface area contributed by atoms with E-state index in [1.807, 2.05) is 13.8 Å². The van der Waals surface area contributed by atoms with Crippen LogP contribution in [0.5, 0.6) is 0 Å². The monoisotopic (exact) mass is 378 g/mol. The summed E-state index contributed by atoms with van der Waals surface area (Å²) < 4.78 is 11.7. The van der Waals surface area contributed by atoms with E-state index < -0.39 is 6.10 Å². The van der Waals surface area contributed by atoms with Gasteiger partial charge in [-0.25, -0.2) is 0 Å². The molecule has 0 radical (unpaired) electrons. The van der Waals surface area contributed by atoms with E-state index in [1.54, 1.807) is 0 Å². The van der Waals surface area contributed by atoms with Crippen molar-refractivity contribution >= 4 is 11.4 Å². The number of ether oxygens (including phenoxy) is 1. The fourth-order valence-corrected chi connectivity index (χ4v) is 5.06. The van der Waals surface area contributed by atoms with Crippen molar-refractivity contribution in [2.75, 3.05) is 0 Å². The molecule has 1 saturated heterocycles. The average Bonchev–Trinajstić information content (AvgIpc) is 3.54. The second-order valence-electron chi connectivity index (χ2n) is 9.15. The maximum absolute atomic E-state index is 11.3. The lowest BCUT2D eigenvalue weighted by Gasteiger charge is -2.22. The number of fused-ring (bicyclic) bond motifs is 1. The Morgan fingerprint density at radius 2 is 1.96 bits per heavy atom. The molecule has 3 heterocycles. The molecule has 2 aliphatic heterocycles. The Morgan fingerprint density at radius 3 is 2.61 bits per heavy atom. The van der Waals surface area contributed by atoms with Crippen LogP contribution in [-0.2, 0) is 11.2 Å². The molecule has 2 aromatic rings. The van der Waals surface area contributed by atoms with Gasteiger partial charge in [0.1, 0.15) is 11.9 Å². The Balaban J connectivity index is 1.44. The number of benzene rings is 1. The first kappa shape index (κ1) is 16.9. The molecular weight excluding hydrogens is 352 g/mol. The third-order valence-electron chi connectivity index (χ3n) is 6.98. The van der Waals surface area contributed by atoms with Gasteiger partial charge in [0.2, 0.25) is 0 Å². The van der Waals surface area contributed by atoms with E-state index in [0.717, 1.165) is 65.9 Å². The van der Waals surface area contributed by atoms with Gasteiger partial charge in [0.15, 0.2) is 0 Å². The SMILES string of the molecule is Cc1noc(C)c1-c1cc2c(c(C(O)[C@H]3CCC4(CC4)O3)c1)N=C(C1CC1)C2. The molecule has 1 N–H and O–H groups in total. The third kappa shape index (κ3) is 2.60. The van der Waals surface area contributed by atoms with Crippen molar-refractivity contribution in [3.05, 3.63) is 34.7 Å². The lowest BCUT2D eigenvalue weighted by molar-refractivity contribution is -0.0455. The molecule has 4 aliphatic rings. The summed E-state index contributed by atoms with van der Waals surface area (Å²) in [6.07, 6.45) is 6.87. The number of aromatic nitrogens is 1. The predicted molar refractivity (Wildman–Crippen MR) is 106 cm³/mol. The van der Waals surface area contributed by atoms with Crippen molar-refractivity contribution < 1.29 is 14.4 Å². The summed E-state index contributed by atoms with van der Waals surface area (Å²) in [5.41, 5.74) is 7.43. The van der Waals surface area contributed by atoms with E-state index in [0.29, 0.717) is 5.92 Å². The summed E-state index contributed by atoms with van der Waals surface area (Å²) in [6, 6.07) is 4.31. The highest BCUT2D eigenvalue weighted by Gasteiger charge is 2.51. The van der Waals surface area contributed by atoms with E-state index in [2.05, 4.69) is 17.3 Å². The van der Waals surface area contributed by atoms with Crippen molar-refractivity contribution in [2.24, 2.45) is 10.9 Å². The molecule has 2 atom stereocenters. The molecule has 146 valence electrons. The first-order valence-electron chi connectivity index (χ1n) is 10.6. The van der Waals surface area contributed by atoms with Crippen LogP contribution in [0.1, 0.15) is 67.2 Å². The van der Waals surface area contributed by atoms with Crippen LogP contribution >= 0.6 is 0 Å². The second-order valence-corrected chi connectivity index (χ2v) is 9.15. The number of aliphatic imine (C=N–C) groups is 1. The Labute approximate surface area is 164 Å². The van der Waals surface area contributed by atoms with Gasteiger partial charge in [-0.3, -0.25) is 4.99 Å². The molecule has 3 fully saturated rings. The summed E-state index contributed by atoms with van der Waals surface area (Å²) in [5.74, 6) is 1.45. The van der Waals surface area contributed by atoms with Crippen LogP contribution in [0, 0.1) is 19.8 Å². The third-order valence-corrected chi connectivity index (χ3v) is 6.98. The fraction of sp³-hybridized carbons (Fsp3) is 0.565. The smallest absolute Gasteiger partial charge is 0.141 e. The lowest BCUT2D eigenvalue weighted by atomic mass is 9.91. The van der Waals surface area contributed by atoms with Crippen LogP contribution < -0.4 is 0 Å². The minimum absolute atomic E-state index is 0.0660. The molecule has 1 unspecified atom stereocenters. The standard InChI is InChI=1S/C23H26N2O3/c1-12-20(13(2)28-25-12)15-9-16-11-18(14-3-4-14)24-21(16)17(10-15)22(26)19-5-6-23(27-19)7-8-23/h9-10,14,19,22,26H,3-8,11H2,1-2H3/t19-,22?/m1/s1. The molecule has 1 aromatic carbocycles. The van der Waals surface area contributed by atoms with E-state index in [9.17, 15) is 5.11 Å². The number of hydrogen-bond donors (Lipinski definition) is 1. The lowest BCUT2D eigenvalue weighted by Crippen LogP contribution is -2.20. The predicted octanol–water partition coefficient (Wildman–Crippen LogP) is 4.74. The molecule has 2 saturated carbocycles. The average molecular weight is 378 g/mol. The van der Waals surface area contributed by atoms with Crippen LogP contribution in [0.2, 0.25) is 0 Å². The molecule has 1 aromatic heterocycles. The zero-order valence-electron chi connectivity index (χ0n) is 16.5. The number of aryl methyl sites for hydroxylation is 2. The van der Waals surface area contributed by atoms with Gasteiger partial charge in [-0.05, 0) is 81.5 Å². The van der Waals surface area contributed by atoms with Gasteiger partial charge >= 0.3 is 0 Å². The topological polar surface area (TPSA) is 67.9 Å². The highest BCUT2D eigenvalue weighted by Crippen LogP contribution is 2.53. The van der Waals surface area contributed by atoms with Gasteiger partial charge < -0.3 is 14.4 Å². The summed E-state index contributed by atoms with van der Waals surface area (Å²) in [4.78, 5) is 4.99. The molecule has 28 heavy (non-hydrogen) atoms. The van der Waals surface area contributed by atoms with E-state index >= 15 is 0 Å². The summed E-state index contributed by atoms with van der Waals surface area (Å²) in [6.45, 7) is 3.92. The van der Waals surface area contributed by atoms with Gasteiger partial charge in [-0.2, -0.15) is 0 Å². The largest absolute Gasteiger partial charge is 0.386 e. The molecule has 1 spiro atoms. The van der Waals surface area contributed by atoms with Crippen LogP contribution in [0.4, 0.5) is 5.69 Å². The zero-order valence-corrected chi connectivity index (χ0v) is 16.5. The molecule has 0 amide bonds. The number of nitrogens with zero attached hydrogens (tertiary/aromatic N) is 2. The highest BCUT2D eigenvalue weighted by molar-refractivity contribution is 5.98. The molecule has 6 rings (SSSR count). The first-order chi connectivity index (χ1) is 13.5. The van der Waals surface area contributed by atoms with Crippen molar-refractivity contribution in [3.63, 3.8) is 0 Å². The van der Waals surface area contributed by atoms with Gasteiger partial charge in [0.25, 0.3) is 0 Å². The maximum atomic E-state index is 11.3. The highest BCUT2D eigenvalue weighted by atomic mass is 16.5. The Kier molecular flexibility index (Phi) is 3.49. The van der Waals surface area contributed by atoms with Crippen molar-refractivity contribution in [3.8, 4) is 11.1 Å². The van der Waals surface area contributed by atoms with Crippen molar-refractivity contribution in [1.82, 2.24) is 5.16 Å². The minimum Gasteiger partial charge on any atom is -0.386 e. The first-order valence-corrected chi connectivity index (χ1v) is 10.6. The zero-order chi connectivity index (χ0) is 19.0. The summed E-state index contributed by atoms with van der Waals surface area (Å²) >= 11 is 0. The van der Waals surface area contributed by atoms with E-state index in [4.69, 9.17) is 14.3 Å². The Bertz CT molecular complexity index is 978. The van der Waals surface area contributed by atoms with Crippen LogP contribution in [0.25, 0.3) is 11.1 Å². The second kappa shape index (κ2) is 5.77. The van der Waals surface area contributed by atoms with Gasteiger partial charge in [-0.15, -0.1) is 0 Å². The maximum Gasteiger partial charge on any atom is 0.141 e.